The van der Waals surface area contributed by atoms with Crippen molar-refractivity contribution >= 4 is 45.6 Å². The van der Waals surface area contributed by atoms with Crippen LogP contribution in [0.5, 0.6) is 11.5 Å². The molecular formula is C28H26N6O4S2. The van der Waals surface area contributed by atoms with Crippen molar-refractivity contribution in [3.05, 3.63) is 76.8 Å². The van der Waals surface area contributed by atoms with Gasteiger partial charge < -0.3 is 20.5 Å². The van der Waals surface area contributed by atoms with Crippen molar-refractivity contribution in [1.82, 2.24) is 10.2 Å². The van der Waals surface area contributed by atoms with Gasteiger partial charge >= 0.3 is 0 Å². The first-order valence-electron chi connectivity index (χ1n) is 12.4. The molecular weight excluding hydrogens is 548 g/mol. The third-order valence-electron chi connectivity index (χ3n) is 6.63. The third kappa shape index (κ3) is 5.25. The molecule has 0 spiro atoms. The van der Waals surface area contributed by atoms with Crippen LogP contribution in [-0.2, 0) is 9.59 Å². The molecule has 1 amide bonds. The zero-order valence-corrected chi connectivity index (χ0v) is 23.5. The van der Waals surface area contributed by atoms with Crippen molar-refractivity contribution in [2.24, 2.45) is 5.73 Å². The van der Waals surface area contributed by atoms with E-state index in [0.29, 0.717) is 57.1 Å². The van der Waals surface area contributed by atoms with Crippen LogP contribution in [-0.4, -0.2) is 41.9 Å². The highest BCUT2D eigenvalue weighted by atomic mass is 32.2. The minimum Gasteiger partial charge on any atom is -0.493 e. The molecule has 0 bridgehead atoms. The monoisotopic (exact) mass is 574 g/mol. The Hall–Kier alpha value is -4.34. The van der Waals surface area contributed by atoms with Crippen molar-refractivity contribution in [3.63, 3.8) is 0 Å². The molecule has 2 aliphatic rings. The summed E-state index contributed by atoms with van der Waals surface area (Å²) in [5.74, 6) is 0.666. The number of benzene rings is 2. The van der Waals surface area contributed by atoms with Gasteiger partial charge in [-0.1, -0.05) is 53.4 Å². The Kier molecular flexibility index (Phi) is 8.04. The van der Waals surface area contributed by atoms with Crippen LogP contribution in [0.1, 0.15) is 30.7 Å². The quantitative estimate of drug-likeness (QED) is 0.367. The zero-order chi connectivity index (χ0) is 28.2. The molecule has 10 nitrogen and oxygen atoms in total. The number of amides is 1. The smallest absolute Gasteiger partial charge is 0.234 e. The number of nitrogens with two attached hydrogens (primary N) is 1. The SMILES string of the molecule is COc1ccc(NC(=O)CSc2nnc(N3C(N)=C(C#N)C(c4ccccc4)C4=C3CCCC4=O)s2)cc1OC. The van der Waals surface area contributed by atoms with Crippen LogP contribution in [0.4, 0.5) is 10.8 Å². The van der Waals surface area contributed by atoms with E-state index in [1.807, 2.05) is 30.3 Å². The Morgan fingerprint density at radius 1 is 1.18 bits per heavy atom. The third-order valence-corrected chi connectivity index (χ3v) is 8.67. The maximum absolute atomic E-state index is 13.2. The van der Waals surface area contributed by atoms with Crippen LogP contribution in [0, 0.1) is 11.3 Å². The Morgan fingerprint density at radius 3 is 2.67 bits per heavy atom. The highest BCUT2D eigenvalue weighted by molar-refractivity contribution is 8.01. The summed E-state index contributed by atoms with van der Waals surface area (Å²) in [5, 5.41) is 22.0. The Labute approximate surface area is 239 Å². The fraction of sp³-hybridized carbons (Fsp3) is 0.250. The second kappa shape index (κ2) is 11.8. The van der Waals surface area contributed by atoms with E-state index >= 15 is 0 Å². The minimum atomic E-state index is -0.521. The molecule has 0 radical (unpaired) electrons. The number of rotatable bonds is 8. The molecule has 3 aromatic rings. The molecule has 0 saturated heterocycles. The Bertz CT molecular complexity index is 1560. The van der Waals surface area contributed by atoms with Crippen molar-refractivity contribution < 1.29 is 19.1 Å². The molecule has 5 rings (SSSR count). The van der Waals surface area contributed by atoms with Gasteiger partial charge in [-0.3, -0.25) is 14.5 Å². The summed E-state index contributed by atoms with van der Waals surface area (Å²) in [4.78, 5) is 27.5. The van der Waals surface area contributed by atoms with Crippen LogP contribution in [0.15, 0.2) is 75.5 Å². The summed E-state index contributed by atoms with van der Waals surface area (Å²) in [7, 11) is 3.07. The van der Waals surface area contributed by atoms with Crippen LogP contribution in [0.25, 0.3) is 0 Å². The van der Waals surface area contributed by atoms with Gasteiger partial charge in [0, 0.05) is 29.4 Å². The number of nitrogens with one attached hydrogen (secondary N) is 1. The number of thioether (sulfide) groups is 1. The van der Waals surface area contributed by atoms with E-state index in [2.05, 4.69) is 21.6 Å². The van der Waals surface area contributed by atoms with E-state index in [4.69, 9.17) is 15.2 Å². The molecule has 1 aliphatic heterocycles. The second-order valence-corrected chi connectivity index (χ2v) is 11.2. The van der Waals surface area contributed by atoms with E-state index in [-0.39, 0.29) is 23.3 Å². The Balaban J connectivity index is 1.37. The molecule has 1 atom stereocenters. The maximum atomic E-state index is 13.2. The van der Waals surface area contributed by atoms with Gasteiger partial charge in [-0.15, -0.1) is 10.2 Å². The lowest BCUT2D eigenvalue weighted by Crippen LogP contribution is -2.38. The van der Waals surface area contributed by atoms with Crippen molar-refractivity contribution in [2.45, 2.75) is 29.5 Å². The van der Waals surface area contributed by atoms with Crippen LogP contribution in [0.3, 0.4) is 0 Å². The van der Waals surface area contributed by atoms with E-state index in [0.717, 1.165) is 11.3 Å². The molecule has 0 fully saturated rings. The van der Waals surface area contributed by atoms with Crippen molar-refractivity contribution in [1.29, 1.82) is 5.26 Å². The highest BCUT2D eigenvalue weighted by Crippen LogP contribution is 2.47. The van der Waals surface area contributed by atoms with Gasteiger partial charge in [-0.05, 0) is 30.5 Å². The number of hydrogen-bond donors (Lipinski definition) is 2. The first-order valence-corrected chi connectivity index (χ1v) is 14.2. The summed E-state index contributed by atoms with van der Waals surface area (Å²) in [6, 6.07) is 16.8. The number of carbonyl (C=O) groups excluding carboxylic acids is 2. The number of nitriles is 1. The van der Waals surface area contributed by atoms with Gasteiger partial charge in [-0.2, -0.15) is 5.26 Å². The standard InChI is InChI=1S/C28H26N6O4S2/c1-37-21-12-11-17(13-22(21)38-2)31-23(36)15-39-28-33-32-27(40-28)34-19-9-6-10-20(35)25(19)24(18(14-29)26(34)30)16-7-4-3-5-8-16/h3-5,7-8,11-13,24H,6,9-10,15,30H2,1-2H3,(H,31,36). The molecule has 12 heteroatoms. The molecule has 1 aromatic heterocycles. The minimum absolute atomic E-state index is 0.00583. The predicted octanol–water partition coefficient (Wildman–Crippen LogP) is 4.59. The van der Waals surface area contributed by atoms with Crippen molar-refractivity contribution in [2.75, 3.05) is 30.2 Å². The second-order valence-electron chi connectivity index (χ2n) is 8.98. The summed E-state index contributed by atoms with van der Waals surface area (Å²) in [6.45, 7) is 0. The van der Waals surface area contributed by atoms with Gasteiger partial charge in [0.2, 0.25) is 11.0 Å². The van der Waals surface area contributed by atoms with E-state index in [1.54, 1.807) is 30.2 Å². The molecule has 1 aliphatic carbocycles. The number of nitrogens with zero attached hydrogens (tertiary/aromatic N) is 4. The summed E-state index contributed by atoms with van der Waals surface area (Å²) in [5.41, 5.74) is 9.65. The lowest BCUT2D eigenvalue weighted by molar-refractivity contribution is -0.116. The van der Waals surface area contributed by atoms with Gasteiger partial charge in [0.25, 0.3) is 0 Å². The number of ketones is 1. The van der Waals surface area contributed by atoms with E-state index < -0.39 is 5.92 Å². The number of aromatic nitrogens is 2. The first-order chi connectivity index (χ1) is 19.4. The lowest BCUT2D eigenvalue weighted by Gasteiger charge is -2.38. The fourth-order valence-electron chi connectivity index (χ4n) is 4.87. The van der Waals surface area contributed by atoms with E-state index in [9.17, 15) is 14.9 Å². The number of hydrogen-bond acceptors (Lipinski definition) is 11. The number of ether oxygens (including phenoxy) is 2. The molecule has 204 valence electrons. The largest absolute Gasteiger partial charge is 0.493 e. The molecule has 0 saturated carbocycles. The molecule has 2 heterocycles. The number of anilines is 2. The first kappa shape index (κ1) is 27.2. The van der Waals surface area contributed by atoms with Crippen LogP contribution < -0.4 is 25.4 Å². The molecule has 40 heavy (non-hydrogen) atoms. The number of Topliss-reactive ketones (excluding diaryl/α,β-unsaturated/α-hetero) is 1. The van der Waals surface area contributed by atoms with Gasteiger partial charge in [0.1, 0.15) is 5.82 Å². The average molecular weight is 575 g/mol. The van der Waals surface area contributed by atoms with Crippen LogP contribution in [0.2, 0.25) is 0 Å². The van der Waals surface area contributed by atoms with Gasteiger partial charge in [0.05, 0.1) is 37.5 Å². The molecule has 3 N–H and O–H groups in total. The highest BCUT2D eigenvalue weighted by Gasteiger charge is 2.41. The summed E-state index contributed by atoms with van der Waals surface area (Å²) in [6.07, 6.45) is 1.72. The normalized spacial score (nSPS) is 16.9. The number of methoxy groups -OCH3 is 2. The van der Waals surface area contributed by atoms with Gasteiger partial charge in [0.15, 0.2) is 21.6 Å². The predicted molar refractivity (Wildman–Crippen MR) is 153 cm³/mol. The Morgan fingerprint density at radius 2 is 1.95 bits per heavy atom. The van der Waals surface area contributed by atoms with Crippen molar-refractivity contribution in [3.8, 4) is 17.6 Å². The lowest BCUT2D eigenvalue weighted by atomic mass is 9.76. The summed E-state index contributed by atoms with van der Waals surface area (Å²) < 4.78 is 11.1. The van der Waals surface area contributed by atoms with Crippen LogP contribution >= 0.6 is 23.1 Å². The average Bonchev–Trinajstić information content (AvgIpc) is 3.44. The molecule has 1 unspecified atom stereocenters. The fourth-order valence-corrected chi connectivity index (χ4v) is 6.55. The maximum Gasteiger partial charge on any atom is 0.234 e. The molecule has 2 aromatic carbocycles. The topological polar surface area (TPSA) is 143 Å². The van der Waals surface area contributed by atoms with E-state index in [1.165, 1.54) is 30.2 Å². The van der Waals surface area contributed by atoms with Gasteiger partial charge in [-0.25, -0.2) is 0 Å². The zero-order valence-electron chi connectivity index (χ0n) is 21.8. The number of carbonyl (C=O) groups is 2. The summed E-state index contributed by atoms with van der Waals surface area (Å²) >= 11 is 2.48. The number of allylic oxidation sites excluding steroid dienone is 3.